The average molecular weight is 675 g/mol. The molecule has 1 aromatic rings. The van der Waals surface area contributed by atoms with Crippen LogP contribution in [-0.4, -0.2) is 59.1 Å². The molecule has 1 aromatic carbocycles. The van der Waals surface area contributed by atoms with E-state index in [0.29, 0.717) is 48.9 Å². The fraction of sp³-hybridized carbons (Fsp3) is 0.738. The Labute approximate surface area is 294 Å². The van der Waals surface area contributed by atoms with E-state index in [1.54, 1.807) is 12.1 Å². The lowest BCUT2D eigenvalue weighted by atomic mass is 9.32. The van der Waals surface area contributed by atoms with Gasteiger partial charge in [0.25, 0.3) is 0 Å². The molecule has 0 saturated heterocycles. The van der Waals surface area contributed by atoms with Gasteiger partial charge in [-0.05, 0) is 139 Å². The Morgan fingerprint density at radius 3 is 2.22 bits per heavy atom. The van der Waals surface area contributed by atoms with Crippen LogP contribution in [0, 0.1) is 50.7 Å². The van der Waals surface area contributed by atoms with Crippen molar-refractivity contribution in [1.82, 2.24) is 10.2 Å². The molecule has 0 heterocycles. The van der Waals surface area contributed by atoms with Gasteiger partial charge in [0.05, 0.1) is 17.4 Å². The molecule has 7 nitrogen and oxygen atoms in total. The molecule has 270 valence electrons. The Balaban J connectivity index is 1.20. The van der Waals surface area contributed by atoms with Crippen LogP contribution in [0.3, 0.4) is 0 Å². The van der Waals surface area contributed by atoms with Gasteiger partial charge in [-0.3, -0.25) is 9.59 Å². The Morgan fingerprint density at radius 1 is 0.816 bits per heavy atom. The van der Waals surface area contributed by atoms with Gasteiger partial charge in [-0.25, -0.2) is 4.79 Å². The summed E-state index contributed by atoms with van der Waals surface area (Å²) in [5.74, 6) is 0.804. The number of benzene rings is 1. The van der Waals surface area contributed by atoms with Crippen molar-refractivity contribution in [3.05, 3.63) is 41.5 Å². The maximum absolute atomic E-state index is 14.2. The van der Waals surface area contributed by atoms with E-state index in [2.05, 4.69) is 57.8 Å². The average Bonchev–Trinajstić information content (AvgIpc) is 3.49. The molecule has 0 bridgehead atoms. The summed E-state index contributed by atoms with van der Waals surface area (Å²) in [6.07, 6.45) is 15.0. The molecule has 4 fully saturated rings. The van der Waals surface area contributed by atoms with Crippen molar-refractivity contribution >= 4 is 23.4 Å². The number of carboxylic acid groups (broad SMARTS) is 2. The van der Waals surface area contributed by atoms with Crippen LogP contribution < -0.4 is 5.32 Å². The van der Waals surface area contributed by atoms with Crippen LogP contribution in [0.4, 0.5) is 0 Å². The van der Waals surface area contributed by atoms with Crippen molar-refractivity contribution in [1.29, 1.82) is 0 Å². The van der Waals surface area contributed by atoms with Gasteiger partial charge in [-0.15, -0.1) is 0 Å². The highest BCUT2D eigenvalue weighted by Gasteiger charge is 2.70. The largest absolute Gasteiger partial charge is 0.481 e. The molecular weight excluding hydrogens is 612 g/mol. The van der Waals surface area contributed by atoms with Crippen LogP contribution in [-0.2, 0) is 9.59 Å². The predicted molar refractivity (Wildman–Crippen MR) is 194 cm³/mol. The summed E-state index contributed by atoms with van der Waals surface area (Å²) in [6.45, 7) is 17.5. The molecule has 4 saturated carbocycles. The highest BCUT2D eigenvalue weighted by Crippen LogP contribution is 2.77. The molecule has 5 aliphatic carbocycles. The Bertz CT molecular complexity index is 1470. The molecule has 5 aliphatic rings. The molecule has 3 N–H and O–H groups in total. The third-order valence-electron chi connectivity index (χ3n) is 15.7. The van der Waals surface area contributed by atoms with E-state index in [9.17, 15) is 24.6 Å². The Hall–Kier alpha value is -2.67. The second-order valence-corrected chi connectivity index (χ2v) is 18.0. The van der Waals surface area contributed by atoms with Crippen LogP contribution in [0.1, 0.15) is 135 Å². The van der Waals surface area contributed by atoms with Crippen LogP contribution in [0.2, 0.25) is 0 Å². The number of aromatic carboxylic acids is 1. The Morgan fingerprint density at radius 2 is 1.55 bits per heavy atom. The summed E-state index contributed by atoms with van der Waals surface area (Å²) in [4.78, 5) is 39.1. The zero-order valence-corrected chi connectivity index (χ0v) is 31.1. The number of nitrogens with zero attached hydrogens (tertiary/aromatic N) is 1. The first-order valence-electron chi connectivity index (χ1n) is 19.4. The molecule has 8 atom stereocenters. The van der Waals surface area contributed by atoms with Gasteiger partial charge in [-0.1, -0.05) is 66.2 Å². The molecule has 0 aliphatic heterocycles. The van der Waals surface area contributed by atoms with Crippen LogP contribution in [0.5, 0.6) is 0 Å². The molecule has 0 radical (unpaired) electrons. The summed E-state index contributed by atoms with van der Waals surface area (Å²) >= 11 is 0. The number of allylic oxidation sites excluding steroid dienone is 2. The Kier molecular flexibility index (Phi) is 9.69. The summed E-state index contributed by atoms with van der Waals surface area (Å²) in [6, 6.07) is 7.51. The predicted octanol–water partition coefficient (Wildman–Crippen LogP) is 8.54. The molecule has 0 unspecified atom stereocenters. The molecule has 49 heavy (non-hydrogen) atoms. The van der Waals surface area contributed by atoms with Crippen molar-refractivity contribution in [3.63, 3.8) is 0 Å². The van der Waals surface area contributed by atoms with E-state index in [4.69, 9.17) is 0 Å². The summed E-state index contributed by atoms with van der Waals surface area (Å²) in [5, 5.41) is 22.0. The van der Waals surface area contributed by atoms with Gasteiger partial charge < -0.3 is 20.4 Å². The third kappa shape index (κ3) is 5.78. The first-order valence-corrected chi connectivity index (χ1v) is 19.4. The van der Waals surface area contributed by atoms with Gasteiger partial charge in [-0.2, -0.15) is 0 Å². The molecule has 0 aromatic heterocycles. The van der Waals surface area contributed by atoms with Crippen LogP contribution in [0.25, 0.3) is 5.57 Å². The van der Waals surface area contributed by atoms with E-state index >= 15 is 0 Å². The number of rotatable bonds is 11. The van der Waals surface area contributed by atoms with Gasteiger partial charge in [0, 0.05) is 19.6 Å². The smallest absolute Gasteiger partial charge is 0.335 e. The first kappa shape index (κ1) is 36.1. The number of aliphatic carboxylic acids is 1. The fourth-order valence-corrected chi connectivity index (χ4v) is 13.3. The maximum Gasteiger partial charge on any atom is 0.335 e. The summed E-state index contributed by atoms with van der Waals surface area (Å²) in [7, 11) is 0. The van der Waals surface area contributed by atoms with E-state index in [1.807, 2.05) is 12.1 Å². The number of carbonyl (C=O) groups is 3. The lowest BCUT2D eigenvalue weighted by molar-refractivity contribution is -0.222. The highest BCUT2D eigenvalue weighted by atomic mass is 16.4. The maximum atomic E-state index is 14.2. The van der Waals surface area contributed by atoms with Crippen molar-refractivity contribution < 1.29 is 24.6 Å². The monoisotopic (exact) mass is 674 g/mol. The topological polar surface area (TPSA) is 107 Å². The number of nitrogens with one attached hydrogen (secondary N) is 1. The van der Waals surface area contributed by atoms with Crippen LogP contribution in [0.15, 0.2) is 30.3 Å². The summed E-state index contributed by atoms with van der Waals surface area (Å²) < 4.78 is 0. The van der Waals surface area contributed by atoms with E-state index in [-0.39, 0.29) is 39.4 Å². The van der Waals surface area contributed by atoms with Crippen LogP contribution >= 0.6 is 0 Å². The van der Waals surface area contributed by atoms with Crippen molar-refractivity contribution in [2.75, 3.05) is 26.2 Å². The zero-order valence-electron chi connectivity index (χ0n) is 31.1. The number of carbonyl (C=O) groups excluding carboxylic acids is 1. The number of fused-ring (bicyclic) bond motifs is 7. The molecular formula is C42H62N2O5. The van der Waals surface area contributed by atoms with Crippen molar-refractivity contribution in [2.45, 2.75) is 119 Å². The fourth-order valence-electron chi connectivity index (χ4n) is 13.3. The lowest BCUT2D eigenvalue weighted by Crippen LogP contribution is -2.66. The van der Waals surface area contributed by atoms with Crippen molar-refractivity contribution in [3.8, 4) is 0 Å². The minimum atomic E-state index is -0.881. The zero-order chi connectivity index (χ0) is 35.4. The normalized spacial score (nSPS) is 37.7. The molecule has 1 amide bonds. The second-order valence-electron chi connectivity index (χ2n) is 18.0. The van der Waals surface area contributed by atoms with Gasteiger partial charge >= 0.3 is 11.9 Å². The van der Waals surface area contributed by atoms with Gasteiger partial charge in [0.1, 0.15) is 0 Å². The molecule has 7 heteroatoms. The SMILES string of the molecule is CCCN(CCNC(=O)[C@]12CCC[C@@H]1[C@H]1CC[C@@H]3[C@@]4(C)CC=C(c5ccc(C(=O)O)cc5)C(C)(C)[C@@H]4CC[C@@]3(C)[C@]1(C)CC2)CCC(=O)O. The number of amides is 1. The summed E-state index contributed by atoms with van der Waals surface area (Å²) in [5.41, 5.74) is 3.22. The van der Waals surface area contributed by atoms with Gasteiger partial charge in [0.15, 0.2) is 0 Å². The third-order valence-corrected chi connectivity index (χ3v) is 15.7. The standard InChI is InChI=1S/C42H62N2O5/c1-7-25-44(26-18-35(45)46)27-24-43-37(49)42-19-8-9-32(42)31-14-15-34-39(4)20-16-30(28-10-12-29(13-11-28)36(47)48)38(2,3)33(39)17-21-41(34,6)40(31,5)22-23-42/h10-13,16,31-34H,7-9,14-15,17-27H2,1-6H3,(H,43,49)(H,45,46)(H,47,48)/t31-,32-,33+,34-,39+,40-,41-,42+/m1/s1. The first-order chi connectivity index (χ1) is 23.1. The quantitative estimate of drug-likeness (QED) is 0.217. The van der Waals surface area contributed by atoms with E-state index < -0.39 is 11.9 Å². The highest BCUT2D eigenvalue weighted by molar-refractivity contribution is 5.88. The number of hydrogen-bond acceptors (Lipinski definition) is 4. The van der Waals surface area contributed by atoms with E-state index in [0.717, 1.165) is 57.1 Å². The van der Waals surface area contributed by atoms with Gasteiger partial charge in [0.2, 0.25) is 5.91 Å². The second kappa shape index (κ2) is 13.1. The molecule has 6 rings (SSSR count). The molecule has 0 spiro atoms. The minimum absolute atomic E-state index is 0.0115. The lowest BCUT2D eigenvalue weighted by Gasteiger charge is -2.72. The number of carboxylic acids is 2. The number of hydrogen-bond donors (Lipinski definition) is 3. The van der Waals surface area contributed by atoms with Crippen molar-refractivity contribution in [2.24, 2.45) is 50.7 Å². The van der Waals surface area contributed by atoms with E-state index in [1.165, 1.54) is 31.3 Å². The minimum Gasteiger partial charge on any atom is -0.481 e.